The van der Waals surface area contributed by atoms with E-state index in [0.29, 0.717) is 18.2 Å². The highest BCUT2D eigenvalue weighted by molar-refractivity contribution is 7.09. The largest absolute Gasteiger partial charge is 0.348 e. The molecule has 2 N–H and O–H groups in total. The van der Waals surface area contributed by atoms with E-state index in [1.54, 1.807) is 0 Å². The lowest BCUT2D eigenvalue weighted by Gasteiger charge is -2.25. The molecule has 0 saturated heterocycles. The third-order valence-electron chi connectivity index (χ3n) is 5.82. The summed E-state index contributed by atoms with van der Waals surface area (Å²) in [5.41, 5.74) is 1.61. The molecule has 5 nitrogen and oxygen atoms in total. The van der Waals surface area contributed by atoms with Gasteiger partial charge in [0.25, 0.3) is 5.91 Å². The van der Waals surface area contributed by atoms with Crippen molar-refractivity contribution in [3.8, 4) is 0 Å². The number of hydrogen-bond acceptors (Lipinski definition) is 4. The predicted molar refractivity (Wildman–Crippen MR) is 110 cm³/mol. The Labute approximate surface area is 170 Å². The van der Waals surface area contributed by atoms with E-state index in [1.807, 2.05) is 23.6 Å². The Bertz CT molecular complexity index is 810. The molecule has 0 aliphatic heterocycles. The van der Waals surface area contributed by atoms with Crippen LogP contribution in [0.25, 0.3) is 0 Å². The van der Waals surface area contributed by atoms with Crippen LogP contribution in [0.1, 0.15) is 72.0 Å². The van der Waals surface area contributed by atoms with E-state index in [4.69, 9.17) is 0 Å². The minimum atomic E-state index is -0.203. The Hall–Kier alpha value is -2.21. The van der Waals surface area contributed by atoms with E-state index < -0.39 is 0 Å². The average Bonchev–Trinajstić information content (AvgIpc) is 3.36. The first-order valence-electron chi connectivity index (χ1n) is 10.3. The molecule has 2 aromatic rings. The molecule has 2 saturated carbocycles. The lowest BCUT2D eigenvalue weighted by atomic mass is 9.93. The van der Waals surface area contributed by atoms with Crippen LogP contribution in [0, 0.1) is 5.92 Å². The van der Waals surface area contributed by atoms with Crippen molar-refractivity contribution in [2.75, 3.05) is 0 Å². The van der Waals surface area contributed by atoms with E-state index in [-0.39, 0.29) is 23.8 Å². The summed E-state index contributed by atoms with van der Waals surface area (Å²) in [6.07, 6.45) is 8.16. The number of carbonyl (C=O) groups excluding carboxylic acids is 2. The molecule has 2 amide bonds. The molecule has 0 spiro atoms. The van der Waals surface area contributed by atoms with Crippen LogP contribution in [0.2, 0.25) is 0 Å². The van der Waals surface area contributed by atoms with Gasteiger partial charge >= 0.3 is 0 Å². The molecule has 1 heterocycles. The minimum absolute atomic E-state index is 0.104. The van der Waals surface area contributed by atoms with Gasteiger partial charge in [0.2, 0.25) is 5.91 Å². The summed E-state index contributed by atoms with van der Waals surface area (Å²) in [6.45, 7) is 0. The number of rotatable bonds is 7. The number of nitrogens with one attached hydrogen (secondary N) is 2. The Morgan fingerprint density at radius 2 is 1.82 bits per heavy atom. The van der Waals surface area contributed by atoms with Crippen LogP contribution in [0.5, 0.6) is 0 Å². The van der Waals surface area contributed by atoms with E-state index in [9.17, 15) is 9.59 Å². The molecule has 0 radical (unpaired) electrons. The van der Waals surface area contributed by atoms with Gasteiger partial charge in [-0.05, 0) is 44.1 Å². The third kappa shape index (κ3) is 4.61. The molecule has 148 valence electrons. The van der Waals surface area contributed by atoms with Gasteiger partial charge in [-0.2, -0.15) is 0 Å². The van der Waals surface area contributed by atoms with Crippen molar-refractivity contribution in [3.05, 3.63) is 52.0 Å². The number of benzene rings is 1. The summed E-state index contributed by atoms with van der Waals surface area (Å²) in [5.74, 6) is 0.126. The molecule has 2 aliphatic carbocycles. The molecule has 4 rings (SSSR count). The number of aromatic nitrogens is 1. The topological polar surface area (TPSA) is 71.1 Å². The Kier molecular flexibility index (Phi) is 6.05. The van der Waals surface area contributed by atoms with Gasteiger partial charge in [-0.15, -0.1) is 11.3 Å². The summed E-state index contributed by atoms with van der Waals surface area (Å²) in [4.78, 5) is 29.7. The molecule has 1 aromatic carbocycles. The summed E-state index contributed by atoms with van der Waals surface area (Å²) < 4.78 is 0. The van der Waals surface area contributed by atoms with Gasteiger partial charge in [-0.25, -0.2) is 4.98 Å². The standard InChI is InChI=1S/C22H27N3O2S/c26-20(16-9-4-5-10-16)24-18(13-15-7-2-1-3-8-15)22-25-19(14-28-22)21(27)23-17-11-6-12-17/h1-3,7-8,14,16-18H,4-6,9-13H2,(H,23,27)(H,24,26)/t18-/m0/s1. The fourth-order valence-electron chi connectivity index (χ4n) is 3.89. The summed E-state index contributed by atoms with van der Waals surface area (Å²) >= 11 is 1.46. The van der Waals surface area contributed by atoms with Crippen LogP contribution in [-0.4, -0.2) is 22.8 Å². The van der Waals surface area contributed by atoms with Crippen molar-refractivity contribution in [1.29, 1.82) is 0 Å². The lowest BCUT2D eigenvalue weighted by molar-refractivity contribution is -0.125. The second kappa shape index (κ2) is 8.86. The van der Waals surface area contributed by atoms with Crippen LogP contribution in [0.4, 0.5) is 0 Å². The smallest absolute Gasteiger partial charge is 0.270 e. The molecule has 6 heteroatoms. The number of nitrogens with zero attached hydrogens (tertiary/aromatic N) is 1. The van der Waals surface area contributed by atoms with Crippen LogP contribution >= 0.6 is 11.3 Å². The van der Waals surface area contributed by atoms with Gasteiger partial charge in [0.15, 0.2) is 0 Å². The summed E-state index contributed by atoms with van der Waals surface area (Å²) in [6, 6.07) is 10.2. The molecule has 2 aliphatic rings. The average molecular weight is 398 g/mol. The Morgan fingerprint density at radius 1 is 1.07 bits per heavy atom. The van der Waals surface area contributed by atoms with Crippen LogP contribution in [0.3, 0.4) is 0 Å². The van der Waals surface area contributed by atoms with Gasteiger partial charge in [-0.3, -0.25) is 9.59 Å². The molecule has 0 unspecified atom stereocenters. The summed E-state index contributed by atoms with van der Waals surface area (Å²) in [7, 11) is 0. The van der Waals surface area contributed by atoms with E-state index >= 15 is 0 Å². The van der Waals surface area contributed by atoms with Crippen molar-refractivity contribution in [3.63, 3.8) is 0 Å². The first kappa shape index (κ1) is 19.1. The quantitative estimate of drug-likeness (QED) is 0.741. The zero-order valence-electron chi connectivity index (χ0n) is 16.0. The summed E-state index contributed by atoms with van der Waals surface area (Å²) in [5, 5.41) is 8.86. The Morgan fingerprint density at radius 3 is 2.50 bits per heavy atom. The second-order valence-electron chi connectivity index (χ2n) is 7.90. The SMILES string of the molecule is O=C(NC1CCC1)c1csc([C@H](Cc2ccccc2)NC(=O)C2CCCC2)n1. The van der Waals surface area contributed by atoms with Crippen molar-refractivity contribution in [2.24, 2.45) is 5.92 Å². The molecular formula is C22H27N3O2S. The van der Waals surface area contributed by atoms with Gasteiger partial charge in [0.1, 0.15) is 10.7 Å². The molecule has 0 bridgehead atoms. The third-order valence-corrected chi connectivity index (χ3v) is 6.78. The van der Waals surface area contributed by atoms with Gasteiger partial charge in [-0.1, -0.05) is 43.2 Å². The first-order valence-corrected chi connectivity index (χ1v) is 11.2. The minimum Gasteiger partial charge on any atom is -0.348 e. The van der Waals surface area contributed by atoms with Crippen molar-refractivity contribution >= 4 is 23.2 Å². The fraction of sp³-hybridized carbons (Fsp3) is 0.500. The van der Waals surface area contributed by atoms with E-state index in [0.717, 1.165) is 49.1 Å². The van der Waals surface area contributed by atoms with Crippen molar-refractivity contribution < 1.29 is 9.59 Å². The first-order chi connectivity index (χ1) is 13.7. The van der Waals surface area contributed by atoms with Gasteiger partial charge in [0, 0.05) is 17.3 Å². The Balaban J connectivity index is 1.48. The highest BCUT2D eigenvalue weighted by Crippen LogP contribution is 2.28. The van der Waals surface area contributed by atoms with E-state index in [2.05, 4.69) is 27.8 Å². The van der Waals surface area contributed by atoms with Gasteiger partial charge in [0.05, 0.1) is 6.04 Å². The maximum atomic E-state index is 12.7. The van der Waals surface area contributed by atoms with Crippen LogP contribution in [0.15, 0.2) is 35.7 Å². The molecule has 2 fully saturated rings. The second-order valence-corrected chi connectivity index (χ2v) is 8.79. The monoisotopic (exact) mass is 397 g/mol. The number of hydrogen-bond donors (Lipinski definition) is 2. The molecule has 1 atom stereocenters. The highest BCUT2D eigenvalue weighted by atomic mass is 32.1. The zero-order valence-corrected chi connectivity index (χ0v) is 16.8. The molecular weight excluding hydrogens is 370 g/mol. The molecule has 28 heavy (non-hydrogen) atoms. The maximum Gasteiger partial charge on any atom is 0.270 e. The van der Waals surface area contributed by atoms with Gasteiger partial charge < -0.3 is 10.6 Å². The van der Waals surface area contributed by atoms with E-state index in [1.165, 1.54) is 17.8 Å². The number of thiazole rings is 1. The lowest BCUT2D eigenvalue weighted by Crippen LogP contribution is -2.39. The number of amides is 2. The number of carbonyl (C=O) groups is 2. The highest BCUT2D eigenvalue weighted by Gasteiger charge is 2.27. The van der Waals surface area contributed by atoms with Crippen molar-refractivity contribution in [1.82, 2.24) is 15.6 Å². The van der Waals surface area contributed by atoms with Crippen LogP contribution < -0.4 is 10.6 Å². The normalized spacial score (nSPS) is 18.4. The zero-order chi connectivity index (χ0) is 19.3. The van der Waals surface area contributed by atoms with Crippen LogP contribution in [-0.2, 0) is 11.2 Å². The predicted octanol–water partition coefficient (Wildman–Crippen LogP) is 4.02. The maximum absolute atomic E-state index is 12.7. The van der Waals surface area contributed by atoms with Crippen molar-refractivity contribution in [2.45, 2.75) is 63.5 Å². The molecule has 1 aromatic heterocycles. The fourth-order valence-corrected chi connectivity index (χ4v) is 4.74.